The first kappa shape index (κ1) is 22.8. The number of amides is 1. The number of nitrogens with zero attached hydrogens (tertiary/aromatic N) is 1. The Morgan fingerprint density at radius 2 is 1.88 bits per heavy atom. The van der Waals surface area contributed by atoms with E-state index in [-0.39, 0.29) is 18.3 Å². The smallest absolute Gasteiger partial charge is 0.340 e. The molecule has 1 aliphatic heterocycles. The lowest BCUT2D eigenvalue weighted by molar-refractivity contribution is 0.0475. The number of Topliss-reactive ketones (excluding diaryl/α,β-unsaturated/α-hetero) is 1. The summed E-state index contributed by atoms with van der Waals surface area (Å²) in [6, 6.07) is 8.71. The van der Waals surface area contributed by atoms with E-state index in [2.05, 4.69) is 16.4 Å². The normalized spacial score (nSPS) is 15.8. The minimum atomic E-state index is -0.549. The van der Waals surface area contributed by atoms with Crippen molar-refractivity contribution in [2.75, 3.05) is 31.6 Å². The van der Waals surface area contributed by atoms with Crippen LogP contribution in [0, 0.1) is 0 Å². The van der Waals surface area contributed by atoms with Gasteiger partial charge in [0.1, 0.15) is 5.69 Å². The van der Waals surface area contributed by atoms with Crippen LogP contribution in [0.25, 0.3) is 0 Å². The summed E-state index contributed by atoms with van der Waals surface area (Å²) in [6.45, 7) is 1.84. The Balaban J connectivity index is 1.30. The number of hydrogen-bond donors (Lipinski definition) is 2. The zero-order valence-corrected chi connectivity index (χ0v) is 18.9. The number of benzene rings is 1. The number of nitrogens with one attached hydrogen (secondary N) is 2. The fraction of sp³-hybridized carbons (Fsp3) is 0.423. The van der Waals surface area contributed by atoms with E-state index in [0.717, 1.165) is 51.7 Å². The Labute approximate surface area is 194 Å². The Hall–Kier alpha value is -3.35. The van der Waals surface area contributed by atoms with Gasteiger partial charge in [-0.1, -0.05) is 23.8 Å². The van der Waals surface area contributed by atoms with Gasteiger partial charge in [0, 0.05) is 37.1 Å². The number of carbonyl (C=O) groups excluding carboxylic acids is 3. The van der Waals surface area contributed by atoms with Crippen molar-refractivity contribution in [1.29, 1.82) is 0 Å². The van der Waals surface area contributed by atoms with Crippen molar-refractivity contribution >= 4 is 23.3 Å². The second-order valence-corrected chi connectivity index (χ2v) is 8.63. The highest BCUT2D eigenvalue weighted by Gasteiger charge is 2.22. The third kappa shape index (κ3) is 5.92. The molecular weight excluding hydrogens is 418 g/mol. The van der Waals surface area contributed by atoms with E-state index in [9.17, 15) is 14.4 Å². The predicted molar refractivity (Wildman–Crippen MR) is 127 cm³/mol. The number of hydrogen-bond acceptors (Lipinski definition) is 5. The standard InChI is InChI=1S/C26H31N3O4/c30-24(20-16-23(28-17-20)25(31)29-14-6-7-15-29)18-33-26(32)21-10-4-5-11-22(21)27-13-12-19-8-2-1-3-9-19/h4-5,8,10-11,16-17,27-28H,1-3,6-7,9,12-15,18H2. The number of aromatic nitrogens is 1. The van der Waals surface area contributed by atoms with Crippen LogP contribution >= 0.6 is 0 Å². The number of aromatic amines is 1. The summed E-state index contributed by atoms with van der Waals surface area (Å²) >= 11 is 0. The van der Waals surface area contributed by atoms with E-state index in [1.54, 1.807) is 17.0 Å². The molecule has 0 radical (unpaired) electrons. The van der Waals surface area contributed by atoms with Gasteiger partial charge in [0.2, 0.25) is 5.78 Å². The molecule has 7 heteroatoms. The molecule has 2 heterocycles. The SMILES string of the molecule is O=C(COC(=O)c1ccccc1NCCC1=CCCCC1)c1c[nH]c(C(=O)N2CCCC2)c1. The number of H-pyrrole nitrogens is 1. The fourth-order valence-electron chi connectivity index (χ4n) is 4.37. The Bertz CT molecular complexity index is 1030. The van der Waals surface area contributed by atoms with E-state index in [0.29, 0.717) is 22.5 Å². The highest BCUT2D eigenvalue weighted by molar-refractivity contribution is 6.02. The summed E-state index contributed by atoms with van der Waals surface area (Å²) < 4.78 is 5.30. The van der Waals surface area contributed by atoms with Gasteiger partial charge in [-0.25, -0.2) is 4.79 Å². The summed E-state index contributed by atoms with van der Waals surface area (Å²) in [5, 5.41) is 3.33. The molecule has 33 heavy (non-hydrogen) atoms. The van der Waals surface area contributed by atoms with E-state index < -0.39 is 5.97 Å². The first-order valence-electron chi connectivity index (χ1n) is 11.8. The topological polar surface area (TPSA) is 91.5 Å². The lowest BCUT2D eigenvalue weighted by atomic mass is 9.97. The Kier molecular flexibility index (Phi) is 7.60. The van der Waals surface area contributed by atoms with Crippen molar-refractivity contribution in [1.82, 2.24) is 9.88 Å². The van der Waals surface area contributed by atoms with Crippen molar-refractivity contribution in [3.8, 4) is 0 Å². The molecular formula is C26H31N3O4. The quantitative estimate of drug-likeness (QED) is 0.332. The number of rotatable bonds is 9. The first-order valence-corrected chi connectivity index (χ1v) is 11.8. The van der Waals surface area contributed by atoms with Gasteiger partial charge >= 0.3 is 5.97 Å². The van der Waals surface area contributed by atoms with Crippen LogP contribution in [0.15, 0.2) is 48.2 Å². The zero-order chi connectivity index (χ0) is 23.0. The molecule has 0 saturated carbocycles. The molecule has 2 N–H and O–H groups in total. The third-order valence-electron chi connectivity index (χ3n) is 6.26. The number of allylic oxidation sites excluding steroid dienone is 1. The van der Waals surface area contributed by atoms with Gasteiger partial charge in [0.25, 0.3) is 5.91 Å². The van der Waals surface area contributed by atoms with Crippen LogP contribution in [0.1, 0.15) is 76.2 Å². The first-order chi connectivity index (χ1) is 16.1. The molecule has 0 bridgehead atoms. The molecule has 174 valence electrons. The van der Waals surface area contributed by atoms with Crippen molar-refractivity contribution < 1.29 is 19.1 Å². The zero-order valence-electron chi connectivity index (χ0n) is 18.9. The van der Waals surface area contributed by atoms with Gasteiger partial charge in [0.15, 0.2) is 6.61 Å². The molecule has 0 unspecified atom stereocenters. The van der Waals surface area contributed by atoms with Crippen LogP contribution in [-0.2, 0) is 4.74 Å². The second kappa shape index (κ2) is 11.0. The summed E-state index contributed by atoms with van der Waals surface area (Å²) in [5.74, 6) is -1.01. The molecule has 1 fully saturated rings. The lowest BCUT2D eigenvalue weighted by Gasteiger charge is -2.15. The van der Waals surface area contributed by atoms with E-state index in [1.807, 2.05) is 12.1 Å². The molecule has 0 atom stereocenters. The number of para-hydroxylation sites is 1. The Morgan fingerprint density at radius 3 is 2.67 bits per heavy atom. The molecule has 1 aromatic carbocycles. The molecule has 0 spiro atoms. The van der Waals surface area contributed by atoms with Gasteiger partial charge < -0.3 is 19.9 Å². The highest BCUT2D eigenvalue weighted by Crippen LogP contribution is 2.21. The minimum Gasteiger partial charge on any atom is -0.454 e. The van der Waals surface area contributed by atoms with Crippen LogP contribution in [0.2, 0.25) is 0 Å². The van der Waals surface area contributed by atoms with Gasteiger partial charge in [0.05, 0.1) is 5.56 Å². The minimum absolute atomic E-state index is 0.104. The molecule has 2 aliphatic rings. The number of ether oxygens (including phenoxy) is 1. The number of esters is 1. The largest absolute Gasteiger partial charge is 0.454 e. The number of carbonyl (C=O) groups is 3. The monoisotopic (exact) mass is 449 g/mol. The van der Waals surface area contributed by atoms with E-state index in [4.69, 9.17) is 4.74 Å². The highest BCUT2D eigenvalue weighted by atomic mass is 16.5. The molecule has 4 rings (SSSR count). The van der Waals surface area contributed by atoms with Crippen LogP contribution < -0.4 is 5.32 Å². The molecule has 1 aromatic heterocycles. The average Bonchev–Trinajstić information content (AvgIpc) is 3.56. The number of ketones is 1. The molecule has 7 nitrogen and oxygen atoms in total. The van der Waals surface area contributed by atoms with Gasteiger partial charge in [-0.15, -0.1) is 0 Å². The maximum Gasteiger partial charge on any atom is 0.340 e. The Morgan fingerprint density at radius 1 is 1.06 bits per heavy atom. The maximum absolute atomic E-state index is 12.7. The van der Waals surface area contributed by atoms with Crippen molar-refractivity contribution in [3.05, 3.63) is 65.0 Å². The van der Waals surface area contributed by atoms with E-state index in [1.165, 1.54) is 30.7 Å². The third-order valence-corrected chi connectivity index (χ3v) is 6.26. The average molecular weight is 450 g/mol. The van der Waals surface area contributed by atoms with Crippen LogP contribution in [0.5, 0.6) is 0 Å². The predicted octanol–water partition coefficient (Wildman–Crippen LogP) is 4.59. The summed E-state index contributed by atoms with van der Waals surface area (Å²) in [6.07, 6.45) is 11.6. The second-order valence-electron chi connectivity index (χ2n) is 8.63. The fourth-order valence-corrected chi connectivity index (χ4v) is 4.37. The molecule has 1 amide bonds. The summed E-state index contributed by atoms with van der Waals surface area (Å²) in [7, 11) is 0. The van der Waals surface area contributed by atoms with Crippen molar-refractivity contribution in [3.63, 3.8) is 0 Å². The number of anilines is 1. The van der Waals surface area contributed by atoms with Crippen molar-refractivity contribution in [2.45, 2.75) is 44.9 Å². The van der Waals surface area contributed by atoms with Crippen LogP contribution in [0.4, 0.5) is 5.69 Å². The van der Waals surface area contributed by atoms with Crippen LogP contribution in [0.3, 0.4) is 0 Å². The molecule has 1 saturated heterocycles. The van der Waals surface area contributed by atoms with E-state index >= 15 is 0 Å². The van der Waals surface area contributed by atoms with Gasteiger partial charge in [-0.05, 0) is 63.1 Å². The number of likely N-dealkylation sites (tertiary alicyclic amines) is 1. The molecule has 1 aliphatic carbocycles. The molecule has 2 aromatic rings. The summed E-state index contributed by atoms with van der Waals surface area (Å²) in [5.41, 5.74) is 3.29. The summed E-state index contributed by atoms with van der Waals surface area (Å²) in [4.78, 5) is 42.3. The van der Waals surface area contributed by atoms with Crippen LogP contribution in [-0.4, -0.2) is 53.8 Å². The maximum atomic E-state index is 12.7. The van der Waals surface area contributed by atoms with Crippen molar-refractivity contribution in [2.24, 2.45) is 0 Å². The lowest BCUT2D eigenvalue weighted by Crippen LogP contribution is -2.27. The van der Waals surface area contributed by atoms with Gasteiger partial charge in [-0.2, -0.15) is 0 Å². The van der Waals surface area contributed by atoms with Gasteiger partial charge in [-0.3, -0.25) is 9.59 Å².